The number of hydrogen-bond donors (Lipinski definition) is 1. The minimum Gasteiger partial charge on any atom is -0.375 e. The van der Waals surface area contributed by atoms with Gasteiger partial charge in [0.15, 0.2) is 0 Å². The lowest BCUT2D eigenvalue weighted by Crippen LogP contribution is -2.47. The second kappa shape index (κ2) is 11.2. The number of pyridine rings is 1. The Kier molecular flexibility index (Phi) is 8.12. The summed E-state index contributed by atoms with van der Waals surface area (Å²) < 4.78 is 5.86. The van der Waals surface area contributed by atoms with E-state index in [0.717, 1.165) is 16.8 Å². The Balaban J connectivity index is 1.67. The third-order valence-electron chi connectivity index (χ3n) is 4.97. The molecule has 1 amide bonds. The molecule has 0 saturated carbocycles. The highest BCUT2D eigenvalue weighted by molar-refractivity contribution is 5.82. The maximum Gasteiger partial charge on any atom is 0.240 e. The summed E-state index contributed by atoms with van der Waals surface area (Å²) >= 11 is 0. The van der Waals surface area contributed by atoms with Crippen LogP contribution in [-0.4, -0.2) is 42.5 Å². The van der Waals surface area contributed by atoms with Crippen molar-refractivity contribution >= 4 is 5.91 Å². The second-order valence-electron chi connectivity index (χ2n) is 7.48. The molecule has 0 bridgehead atoms. The van der Waals surface area contributed by atoms with Gasteiger partial charge in [0.25, 0.3) is 0 Å². The average Bonchev–Trinajstić information content (AvgIpc) is 2.78. The van der Waals surface area contributed by atoms with Crippen LogP contribution >= 0.6 is 0 Å². The molecule has 5 heteroatoms. The van der Waals surface area contributed by atoms with Gasteiger partial charge in [0.2, 0.25) is 5.91 Å². The number of benzene rings is 2. The summed E-state index contributed by atoms with van der Waals surface area (Å²) in [4.78, 5) is 19.5. The molecule has 1 unspecified atom stereocenters. The van der Waals surface area contributed by atoms with Crippen LogP contribution in [-0.2, 0) is 22.6 Å². The zero-order chi connectivity index (χ0) is 21.2. The fourth-order valence-electron chi connectivity index (χ4n) is 3.26. The van der Waals surface area contributed by atoms with Gasteiger partial charge in [0, 0.05) is 18.3 Å². The van der Waals surface area contributed by atoms with Crippen LogP contribution in [0.5, 0.6) is 0 Å². The Hall–Kier alpha value is -3.02. The van der Waals surface area contributed by atoms with Crippen LogP contribution in [0.3, 0.4) is 0 Å². The van der Waals surface area contributed by atoms with E-state index in [1.807, 2.05) is 97.9 Å². The van der Waals surface area contributed by atoms with Crippen LogP contribution in [0, 0.1) is 0 Å². The standard InChI is InChI=1S/C25H29N3O2/c1-28(2)24(19-30-18-20-11-5-3-6-12-20)25(29)27-23(21-13-7-4-8-14-21)17-22-15-9-10-16-26-22/h3-16,23-24H,17-19H2,1-2H3,(H,27,29)/t23?,24-/m0/s1. The van der Waals surface area contributed by atoms with Crippen LogP contribution in [0.1, 0.15) is 22.9 Å². The van der Waals surface area contributed by atoms with Crippen molar-refractivity contribution in [1.82, 2.24) is 15.2 Å². The molecule has 0 saturated heterocycles. The van der Waals surface area contributed by atoms with Gasteiger partial charge < -0.3 is 10.1 Å². The summed E-state index contributed by atoms with van der Waals surface area (Å²) in [6.07, 6.45) is 2.40. The van der Waals surface area contributed by atoms with Gasteiger partial charge in [-0.1, -0.05) is 66.7 Å². The van der Waals surface area contributed by atoms with Crippen LogP contribution in [0.15, 0.2) is 85.1 Å². The Bertz CT molecular complexity index is 886. The molecule has 0 radical (unpaired) electrons. The minimum absolute atomic E-state index is 0.0576. The Morgan fingerprint density at radius 2 is 1.63 bits per heavy atom. The van der Waals surface area contributed by atoms with Crippen LogP contribution in [0.25, 0.3) is 0 Å². The lowest BCUT2D eigenvalue weighted by atomic mass is 10.0. The summed E-state index contributed by atoms with van der Waals surface area (Å²) in [6, 6.07) is 25.3. The molecule has 30 heavy (non-hydrogen) atoms. The molecule has 1 N–H and O–H groups in total. The summed E-state index contributed by atoms with van der Waals surface area (Å²) in [7, 11) is 3.79. The van der Waals surface area contributed by atoms with Gasteiger partial charge in [-0.3, -0.25) is 14.7 Å². The maximum absolute atomic E-state index is 13.1. The Morgan fingerprint density at radius 1 is 0.967 bits per heavy atom. The third-order valence-corrected chi connectivity index (χ3v) is 4.97. The predicted octanol–water partition coefficient (Wildman–Crippen LogP) is 3.63. The third kappa shape index (κ3) is 6.51. The molecular weight excluding hydrogens is 374 g/mol. The topological polar surface area (TPSA) is 54.5 Å². The van der Waals surface area contributed by atoms with E-state index in [-0.39, 0.29) is 18.0 Å². The number of aromatic nitrogens is 1. The first-order chi connectivity index (χ1) is 14.6. The quantitative estimate of drug-likeness (QED) is 0.562. The zero-order valence-corrected chi connectivity index (χ0v) is 17.6. The number of carbonyl (C=O) groups is 1. The van der Waals surface area contributed by atoms with E-state index < -0.39 is 0 Å². The first-order valence-corrected chi connectivity index (χ1v) is 10.2. The van der Waals surface area contributed by atoms with Gasteiger partial charge in [-0.15, -0.1) is 0 Å². The van der Waals surface area contributed by atoms with Gasteiger partial charge in [-0.2, -0.15) is 0 Å². The average molecular weight is 404 g/mol. The van der Waals surface area contributed by atoms with Crippen molar-refractivity contribution in [3.63, 3.8) is 0 Å². The number of likely N-dealkylation sites (N-methyl/N-ethyl adjacent to an activating group) is 1. The number of rotatable bonds is 10. The normalized spacial score (nSPS) is 13.0. The highest BCUT2D eigenvalue weighted by Gasteiger charge is 2.25. The highest BCUT2D eigenvalue weighted by Crippen LogP contribution is 2.18. The van der Waals surface area contributed by atoms with Crippen molar-refractivity contribution in [1.29, 1.82) is 0 Å². The first kappa shape index (κ1) is 21.7. The fourth-order valence-corrected chi connectivity index (χ4v) is 3.26. The Labute approximate surface area is 178 Å². The van der Waals surface area contributed by atoms with Crippen molar-refractivity contribution in [2.75, 3.05) is 20.7 Å². The lowest BCUT2D eigenvalue weighted by molar-refractivity contribution is -0.128. The van der Waals surface area contributed by atoms with Crippen molar-refractivity contribution in [2.45, 2.75) is 25.1 Å². The van der Waals surface area contributed by atoms with Crippen molar-refractivity contribution in [3.8, 4) is 0 Å². The molecule has 5 nitrogen and oxygen atoms in total. The van der Waals surface area contributed by atoms with Gasteiger partial charge >= 0.3 is 0 Å². The summed E-state index contributed by atoms with van der Waals surface area (Å²) in [5.41, 5.74) is 3.08. The molecule has 3 aromatic rings. The smallest absolute Gasteiger partial charge is 0.240 e. The maximum atomic E-state index is 13.1. The molecule has 2 aromatic carbocycles. The van der Waals surface area contributed by atoms with Crippen molar-refractivity contribution in [3.05, 3.63) is 102 Å². The molecule has 0 aliphatic carbocycles. The van der Waals surface area contributed by atoms with Gasteiger partial charge in [0.05, 0.1) is 19.3 Å². The Morgan fingerprint density at radius 3 is 2.27 bits per heavy atom. The molecule has 0 aliphatic heterocycles. The predicted molar refractivity (Wildman–Crippen MR) is 119 cm³/mol. The number of amides is 1. The number of nitrogens with zero attached hydrogens (tertiary/aromatic N) is 2. The van der Waals surface area contributed by atoms with Gasteiger partial charge in [-0.25, -0.2) is 0 Å². The number of carbonyl (C=O) groups excluding carboxylic acids is 1. The van der Waals surface area contributed by atoms with Crippen LogP contribution in [0.4, 0.5) is 0 Å². The second-order valence-corrected chi connectivity index (χ2v) is 7.48. The molecule has 0 spiro atoms. The molecule has 1 heterocycles. The van der Waals surface area contributed by atoms with E-state index in [9.17, 15) is 4.79 Å². The monoisotopic (exact) mass is 403 g/mol. The molecule has 156 valence electrons. The molecule has 3 rings (SSSR count). The first-order valence-electron chi connectivity index (χ1n) is 10.2. The minimum atomic E-state index is -0.386. The molecule has 0 aliphatic rings. The summed E-state index contributed by atoms with van der Waals surface area (Å²) in [5.74, 6) is -0.0576. The number of hydrogen-bond acceptors (Lipinski definition) is 4. The van der Waals surface area contributed by atoms with Gasteiger partial charge in [-0.05, 0) is 37.4 Å². The van der Waals surface area contributed by atoms with E-state index >= 15 is 0 Å². The van der Waals surface area contributed by atoms with Crippen molar-refractivity contribution in [2.24, 2.45) is 0 Å². The van der Waals surface area contributed by atoms with E-state index in [4.69, 9.17) is 4.74 Å². The van der Waals surface area contributed by atoms with E-state index in [1.54, 1.807) is 6.20 Å². The van der Waals surface area contributed by atoms with E-state index in [2.05, 4.69) is 10.3 Å². The SMILES string of the molecule is CN(C)[C@@H](COCc1ccccc1)C(=O)NC(Cc1ccccn1)c1ccccc1. The number of nitrogens with one attached hydrogen (secondary N) is 1. The van der Waals surface area contributed by atoms with E-state index in [0.29, 0.717) is 19.6 Å². The number of ether oxygens (including phenoxy) is 1. The molecule has 2 atom stereocenters. The molecule has 0 fully saturated rings. The van der Waals surface area contributed by atoms with Crippen LogP contribution < -0.4 is 5.32 Å². The van der Waals surface area contributed by atoms with Gasteiger partial charge in [0.1, 0.15) is 6.04 Å². The molecular formula is C25H29N3O2. The summed E-state index contributed by atoms with van der Waals surface area (Å²) in [6.45, 7) is 0.799. The molecule has 1 aromatic heterocycles. The zero-order valence-electron chi connectivity index (χ0n) is 17.6. The van der Waals surface area contributed by atoms with Crippen LogP contribution in [0.2, 0.25) is 0 Å². The largest absolute Gasteiger partial charge is 0.375 e. The lowest BCUT2D eigenvalue weighted by Gasteiger charge is -2.27. The highest BCUT2D eigenvalue weighted by atomic mass is 16.5. The fraction of sp³-hybridized carbons (Fsp3) is 0.280. The summed E-state index contributed by atoms with van der Waals surface area (Å²) in [5, 5.41) is 3.21. The van der Waals surface area contributed by atoms with E-state index in [1.165, 1.54) is 0 Å². The van der Waals surface area contributed by atoms with Crippen molar-refractivity contribution < 1.29 is 9.53 Å².